The fourth-order valence-electron chi connectivity index (χ4n) is 1.13. The Morgan fingerprint density at radius 2 is 2.40 bits per heavy atom. The number of halogens is 1. The SMILES string of the molecule is O=C(OCC#CI)C(=O)C1CCSNC1. The highest BCUT2D eigenvalue weighted by Gasteiger charge is 2.27. The number of ether oxygens (including phenoxy) is 1. The second-order valence-corrected chi connectivity index (χ2v) is 4.42. The Morgan fingerprint density at radius 3 is 3.00 bits per heavy atom. The Kier molecular flexibility index (Phi) is 6.05. The minimum Gasteiger partial charge on any atom is -0.447 e. The van der Waals surface area contributed by atoms with E-state index in [1.54, 1.807) is 11.9 Å². The van der Waals surface area contributed by atoms with Gasteiger partial charge in [0.15, 0.2) is 6.61 Å². The molecule has 1 heterocycles. The Morgan fingerprint density at radius 1 is 1.60 bits per heavy atom. The molecule has 1 N–H and O–H groups in total. The molecule has 0 saturated carbocycles. The molecule has 0 aromatic heterocycles. The van der Waals surface area contributed by atoms with Crippen molar-refractivity contribution in [1.29, 1.82) is 0 Å². The Hall–Kier alpha value is -0.260. The summed E-state index contributed by atoms with van der Waals surface area (Å²) in [7, 11) is 0. The molecule has 1 rings (SSSR count). The highest BCUT2D eigenvalue weighted by atomic mass is 127. The van der Waals surface area contributed by atoms with Gasteiger partial charge in [-0.3, -0.25) is 9.52 Å². The molecule has 1 aliphatic rings. The molecule has 0 aliphatic carbocycles. The molecule has 0 aromatic rings. The summed E-state index contributed by atoms with van der Waals surface area (Å²) in [5, 5.41) is 0. The summed E-state index contributed by atoms with van der Waals surface area (Å²) in [6.07, 6.45) is 0.726. The Balaban J connectivity index is 2.36. The van der Waals surface area contributed by atoms with Gasteiger partial charge in [-0.25, -0.2) is 4.79 Å². The van der Waals surface area contributed by atoms with Crippen LogP contribution in [0.4, 0.5) is 0 Å². The smallest absolute Gasteiger partial charge is 0.375 e. The highest BCUT2D eigenvalue weighted by Crippen LogP contribution is 2.15. The lowest BCUT2D eigenvalue weighted by molar-refractivity contribution is -0.154. The van der Waals surface area contributed by atoms with Crippen molar-refractivity contribution in [1.82, 2.24) is 4.72 Å². The lowest BCUT2D eigenvalue weighted by atomic mass is 10.0. The first-order valence-corrected chi connectivity index (χ1v) is 6.46. The number of Topliss-reactive ketones (excluding diaryl/α,β-unsaturated/α-hetero) is 1. The van der Waals surface area contributed by atoms with Crippen LogP contribution in [0.2, 0.25) is 0 Å². The first-order chi connectivity index (χ1) is 7.25. The monoisotopic (exact) mass is 339 g/mol. The van der Waals surface area contributed by atoms with E-state index in [0.29, 0.717) is 6.54 Å². The number of hydrogen-bond acceptors (Lipinski definition) is 5. The molecule has 0 spiro atoms. The van der Waals surface area contributed by atoms with Gasteiger partial charge < -0.3 is 4.74 Å². The van der Waals surface area contributed by atoms with Crippen LogP contribution in [0.1, 0.15) is 6.42 Å². The average molecular weight is 339 g/mol. The zero-order chi connectivity index (χ0) is 11.1. The molecule has 1 aliphatic heterocycles. The van der Waals surface area contributed by atoms with Crippen molar-refractivity contribution >= 4 is 46.3 Å². The van der Waals surface area contributed by atoms with Crippen LogP contribution in [0.5, 0.6) is 0 Å². The molecular formula is C9H10INO3S. The third kappa shape index (κ3) is 4.40. The van der Waals surface area contributed by atoms with Crippen molar-refractivity contribution in [3.8, 4) is 9.85 Å². The van der Waals surface area contributed by atoms with Crippen LogP contribution in [-0.2, 0) is 14.3 Å². The van der Waals surface area contributed by atoms with Gasteiger partial charge >= 0.3 is 5.97 Å². The minimum atomic E-state index is -0.771. The standard InChI is InChI=1S/C9H10INO3S/c10-3-1-4-14-9(13)8(12)7-2-5-15-11-6-7/h7,11H,2,4-6H2. The van der Waals surface area contributed by atoms with E-state index in [0.717, 1.165) is 12.2 Å². The van der Waals surface area contributed by atoms with Gasteiger partial charge in [0, 0.05) is 40.8 Å². The maximum atomic E-state index is 11.5. The molecule has 1 saturated heterocycles. The van der Waals surface area contributed by atoms with Crippen LogP contribution in [0.15, 0.2) is 0 Å². The van der Waals surface area contributed by atoms with Gasteiger partial charge in [0.2, 0.25) is 5.78 Å². The fraction of sp³-hybridized carbons (Fsp3) is 0.556. The lowest BCUT2D eigenvalue weighted by Gasteiger charge is -2.19. The molecule has 82 valence electrons. The fourth-order valence-corrected chi connectivity index (χ4v) is 2.15. The number of ketones is 1. The molecule has 0 aromatic carbocycles. The van der Waals surface area contributed by atoms with Gasteiger partial charge in [0.05, 0.1) is 0 Å². The second kappa shape index (κ2) is 7.09. The Bertz CT molecular complexity index is 304. The number of nitrogens with one attached hydrogen (secondary N) is 1. The molecule has 1 unspecified atom stereocenters. The zero-order valence-electron chi connectivity index (χ0n) is 7.92. The van der Waals surface area contributed by atoms with Gasteiger partial charge in [-0.05, 0) is 10.3 Å². The first-order valence-electron chi connectivity index (χ1n) is 4.40. The molecule has 0 radical (unpaired) electrons. The molecular weight excluding hydrogens is 329 g/mol. The van der Waals surface area contributed by atoms with Crippen molar-refractivity contribution in [2.75, 3.05) is 18.9 Å². The predicted octanol–water partition coefficient (Wildman–Crippen LogP) is 0.752. The summed E-state index contributed by atoms with van der Waals surface area (Å²) in [4.78, 5) is 22.8. The normalized spacial score (nSPS) is 19.9. The average Bonchev–Trinajstić information content (AvgIpc) is 2.29. The third-order valence-corrected chi connectivity index (χ3v) is 3.11. The zero-order valence-corrected chi connectivity index (χ0v) is 10.9. The van der Waals surface area contributed by atoms with E-state index in [4.69, 9.17) is 4.74 Å². The minimum absolute atomic E-state index is 0.0115. The first kappa shape index (κ1) is 12.8. The molecule has 6 heteroatoms. The van der Waals surface area contributed by atoms with E-state index in [1.165, 1.54) is 0 Å². The van der Waals surface area contributed by atoms with E-state index < -0.39 is 11.8 Å². The van der Waals surface area contributed by atoms with Crippen LogP contribution in [0, 0.1) is 15.8 Å². The molecule has 1 fully saturated rings. The van der Waals surface area contributed by atoms with Gasteiger partial charge in [-0.1, -0.05) is 17.9 Å². The van der Waals surface area contributed by atoms with Crippen LogP contribution in [0.25, 0.3) is 0 Å². The molecule has 0 amide bonds. The number of carbonyl (C=O) groups is 2. The molecule has 15 heavy (non-hydrogen) atoms. The molecule has 1 atom stereocenters. The van der Waals surface area contributed by atoms with Crippen molar-refractivity contribution in [3.05, 3.63) is 0 Å². The quantitative estimate of drug-likeness (QED) is 0.270. The summed E-state index contributed by atoms with van der Waals surface area (Å²) in [6.45, 7) is 0.527. The maximum Gasteiger partial charge on any atom is 0.375 e. The second-order valence-electron chi connectivity index (χ2n) is 2.89. The molecule has 0 bridgehead atoms. The van der Waals surface area contributed by atoms with Crippen molar-refractivity contribution in [2.45, 2.75) is 6.42 Å². The van der Waals surface area contributed by atoms with E-state index in [2.05, 4.69) is 14.6 Å². The number of carbonyl (C=O) groups excluding carboxylic acids is 2. The molecule has 4 nitrogen and oxygen atoms in total. The van der Waals surface area contributed by atoms with E-state index in [1.807, 2.05) is 22.6 Å². The van der Waals surface area contributed by atoms with Gasteiger partial charge in [-0.15, -0.1) is 0 Å². The van der Waals surface area contributed by atoms with Crippen molar-refractivity contribution in [3.63, 3.8) is 0 Å². The van der Waals surface area contributed by atoms with E-state index >= 15 is 0 Å². The largest absolute Gasteiger partial charge is 0.447 e. The van der Waals surface area contributed by atoms with Gasteiger partial charge in [-0.2, -0.15) is 0 Å². The van der Waals surface area contributed by atoms with Crippen LogP contribution in [0.3, 0.4) is 0 Å². The maximum absolute atomic E-state index is 11.5. The lowest BCUT2D eigenvalue weighted by Crippen LogP contribution is -2.35. The van der Waals surface area contributed by atoms with Crippen molar-refractivity contribution < 1.29 is 14.3 Å². The summed E-state index contributed by atoms with van der Waals surface area (Å²) >= 11 is 3.42. The summed E-state index contributed by atoms with van der Waals surface area (Å²) < 4.78 is 10.3. The van der Waals surface area contributed by atoms with Crippen LogP contribution in [-0.4, -0.2) is 30.7 Å². The van der Waals surface area contributed by atoms with E-state index in [-0.39, 0.29) is 12.5 Å². The summed E-state index contributed by atoms with van der Waals surface area (Å²) in [5.74, 6) is 1.94. The van der Waals surface area contributed by atoms with E-state index in [9.17, 15) is 9.59 Å². The topological polar surface area (TPSA) is 55.4 Å². The van der Waals surface area contributed by atoms with Crippen LogP contribution >= 0.6 is 34.5 Å². The summed E-state index contributed by atoms with van der Waals surface area (Å²) in [5.41, 5.74) is 0. The van der Waals surface area contributed by atoms with Crippen LogP contribution < -0.4 is 4.72 Å². The number of esters is 1. The highest BCUT2D eigenvalue weighted by molar-refractivity contribution is 14.1. The number of rotatable bonds is 3. The Labute approximate surface area is 106 Å². The summed E-state index contributed by atoms with van der Waals surface area (Å²) in [6, 6.07) is 0. The van der Waals surface area contributed by atoms with Crippen molar-refractivity contribution in [2.24, 2.45) is 5.92 Å². The van der Waals surface area contributed by atoms with Gasteiger partial charge in [0.25, 0.3) is 0 Å². The number of hydrogen-bond donors (Lipinski definition) is 1. The third-order valence-electron chi connectivity index (χ3n) is 1.91. The van der Waals surface area contributed by atoms with Gasteiger partial charge in [0.1, 0.15) is 0 Å². The predicted molar refractivity (Wildman–Crippen MR) is 66.3 cm³/mol.